The summed E-state index contributed by atoms with van der Waals surface area (Å²) in [6, 6.07) is 3.89. The zero-order chi connectivity index (χ0) is 19.5. The van der Waals surface area contributed by atoms with E-state index in [1.165, 1.54) is 25.7 Å². The molecule has 1 aliphatic carbocycles. The maximum Gasteiger partial charge on any atom is 0.228 e. The van der Waals surface area contributed by atoms with Crippen molar-refractivity contribution >= 4 is 17.7 Å². The Balaban J connectivity index is 1.39. The molecule has 6 aliphatic rings. The molecule has 8 rings (SSSR count). The molecule has 0 amide bonds. The fourth-order valence-electron chi connectivity index (χ4n) is 5.68. The summed E-state index contributed by atoms with van der Waals surface area (Å²) in [6.07, 6.45) is 8.64. The van der Waals surface area contributed by atoms with Gasteiger partial charge in [0.15, 0.2) is 0 Å². The van der Waals surface area contributed by atoms with Crippen molar-refractivity contribution < 1.29 is 0 Å². The molecule has 5 saturated heterocycles. The van der Waals surface area contributed by atoms with Gasteiger partial charge in [-0.2, -0.15) is 4.98 Å². The topological polar surface area (TPSA) is 87.3 Å². The highest BCUT2D eigenvalue weighted by Crippen LogP contribution is 2.43. The fraction of sp³-hybridized carbons (Fsp3) is 0.619. The van der Waals surface area contributed by atoms with E-state index in [1.807, 2.05) is 0 Å². The lowest BCUT2D eigenvalue weighted by atomic mass is 9.86. The number of aromatic nitrogens is 4. The van der Waals surface area contributed by atoms with E-state index in [2.05, 4.69) is 37.7 Å². The molecule has 4 bridgehead atoms. The van der Waals surface area contributed by atoms with Crippen LogP contribution in [0.5, 0.6) is 0 Å². The number of nitrogen functional groups attached to an aromatic ring is 1. The summed E-state index contributed by atoms with van der Waals surface area (Å²) in [4.78, 5) is 25.9. The van der Waals surface area contributed by atoms with Gasteiger partial charge >= 0.3 is 0 Å². The molecule has 0 spiro atoms. The summed E-state index contributed by atoms with van der Waals surface area (Å²) in [7, 11) is 0. The highest BCUT2D eigenvalue weighted by Gasteiger charge is 2.44. The first-order valence-corrected chi connectivity index (χ1v) is 10.9. The number of piperazine rings is 1. The number of nitrogens with two attached hydrogens (primary N) is 1. The molecule has 8 heteroatoms. The zero-order valence-electron chi connectivity index (χ0n) is 16.9. The molecule has 2 aromatic heterocycles. The van der Waals surface area contributed by atoms with Crippen LogP contribution in [0.4, 0.5) is 17.7 Å². The molecule has 2 atom stereocenters. The van der Waals surface area contributed by atoms with E-state index < -0.39 is 0 Å². The number of anilines is 3. The SMILES string of the molecule is CCN1C[C@@H]2CC[C@H]1CN2c1cc(-c2cnc(N)nc2)nc(N2CC3CC2C3)n1. The molecule has 29 heavy (non-hydrogen) atoms. The van der Waals surface area contributed by atoms with Gasteiger partial charge in [-0.1, -0.05) is 6.92 Å². The van der Waals surface area contributed by atoms with Gasteiger partial charge in [0.1, 0.15) is 5.82 Å². The monoisotopic (exact) mass is 392 g/mol. The lowest BCUT2D eigenvalue weighted by molar-refractivity contribution is 0.102. The molecule has 0 unspecified atom stereocenters. The third kappa shape index (κ3) is 2.84. The first kappa shape index (κ1) is 17.4. The zero-order valence-corrected chi connectivity index (χ0v) is 16.9. The average molecular weight is 393 g/mol. The van der Waals surface area contributed by atoms with E-state index in [0.29, 0.717) is 18.1 Å². The van der Waals surface area contributed by atoms with E-state index in [9.17, 15) is 0 Å². The van der Waals surface area contributed by atoms with Gasteiger partial charge in [-0.15, -0.1) is 0 Å². The number of rotatable bonds is 4. The van der Waals surface area contributed by atoms with Crippen LogP contribution in [-0.2, 0) is 0 Å². The van der Waals surface area contributed by atoms with Crippen molar-refractivity contribution in [2.45, 2.75) is 50.7 Å². The highest BCUT2D eigenvalue weighted by atomic mass is 15.4. The second-order valence-corrected chi connectivity index (χ2v) is 9.01. The predicted octanol–water partition coefficient (Wildman–Crippen LogP) is 1.79. The standard InChI is InChI=1S/C21H28N8/c1-2-27-11-16-4-3-15(27)12-28(16)19-7-18(14-8-23-20(22)24-9-14)25-21(26-19)29-10-13-5-17(29)6-13/h7-9,13,15-17H,2-6,10-12H2,1H3,(H2,22,23,24)/t13?,15-,16-,17?/m0/s1. The molecule has 0 radical (unpaired) electrons. The Morgan fingerprint density at radius 1 is 0.966 bits per heavy atom. The molecule has 2 N–H and O–H groups in total. The predicted molar refractivity (Wildman–Crippen MR) is 113 cm³/mol. The number of hydrogen-bond donors (Lipinski definition) is 1. The largest absolute Gasteiger partial charge is 0.368 e. The van der Waals surface area contributed by atoms with Crippen LogP contribution in [-0.4, -0.2) is 69.1 Å². The summed E-state index contributed by atoms with van der Waals surface area (Å²) >= 11 is 0. The third-order valence-electron chi connectivity index (χ3n) is 7.38. The first-order chi connectivity index (χ1) is 14.2. The molecule has 6 fully saturated rings. The smallest absolute Gasteiger partial charge is 0.228 e. The summed E-state index contributed by atoms with van der Waals surface area (Å²) < 4.78 is 0. The van der Waals surface area contributed by atoms with Gasteiger partial charge in [0.05, 0.1) is 5.69 Å². The first-order valence-electron chi connectivity index (χ1n) is 10.9. The van der Waals surface area contributed by atoms with Crippen molar-refractivity contribution in [2.24, 2.45) is 5.92 Å². The fourth-order valence-corrected chi connectivity index (χ4v) is 5.68. The highest BCUT2D eigenvalue weighted by molar-refractivity contribution is 5.65. The number of likely N-dealkylation sites (N-methyl/N-ethyl adjacent to an activating group) is 1. The maximum atomic E-state index is 5.70. The lowest BCUT2D eigenvalue weighted by Crippen LogP contribution is -2.62. The van der Waals surface area contributed by atoms with Crippen LogP contribution >= 0.6 is 0 Å². The van der Waals surface area contributed by atoms with Gasteiger partial charge in [-0.25, -0.2) is 15.0 Å². The van der Waals surface area contributed by atoms with Crippen molar-refractivity contribution in [1.82, 2.24) is 24.8 Å². The van der Waals surface area contributed by atoms with Crippen LogP contribution in [0, 0.1) is 5.92 Å². The van der Waals surface area contributed by atoms with Gasteiger partial charge in [-0.05, 0) is 38.1 Å². The quantitative estimate of drug-likeness (QED) is 0.843. The molecule has 2 aromatic rings. The van der Waals surface area contributed by atoms with E-state index in [-0.39, 0.29) is 5.95 Å². The van der Waals surface area contributed by atoms with Crippen molar-refractivity contribution in [3.05, 3.63) is 18.5 Å². The molecule has 8 nitrogen and oxygen atoms in total. The molecular weight excluding hydrogens is 364 g/mol. The minimum Gasteiger partial charge on any atom is -0.368 e. The summed E-state index contributed by atoms with van der Waals surface area (Å²) in [5.74, 6) is 3.03. The van der Waals surface area contributed by atoms with Crippen LogP contribution in [0.2, 0.25) is 0 Å². The average Bonchev–Trinajstić information content (AvgIpc) is 3.36. The van der Waals surface area contributed by atoms with Crippen LogP contribution in [0.3, 0.4) is 0 Å². The van der Waals surface area contributed by atoms with Crippen LogP contribution in [0.15, 0.2) is 18.5 Å². The number of nitrogens with zero attached hydrogens (tertiary/aromatic N) is 7. The summed E-state index contributed by atoms with van der Waals surface area (Å²) in [5.41, 5.74) is 7.48. The Kier molecular flexibility index (Phi) is 3.91. The molecule has 5 aliphatic heterocycles. The van der Waals surface area contributed by atoms with Crippen molar-refractivity contribution in [1.29, 1.82) is 0 Å². The van der Waals surface area contributed by atoms with Crippen LogP contribution < -0.4 is 15.5 Å². The van der Waals surface area contributed by atoms with Crippen molar-refractivity contribution in [2.75, 3.05) is 41.7 Å². The second-order valence-electron chi connectivity index (χ2n) is 9.01. The Hall–Kier alpha value is -2.48. The molecule has 7 heterocycles. The minimum absolute atomic E-state index is 0.289. The Morgan fingerprint density at radius 3 is 2.41 bits per heavy atom. The lowest BCUT2D eigenvalue weighted by Gasteiger charge is -2.52. The molecule has 152 valence electrons. The molecule has 0 aromatic carbocycles. The molecular formula is C21H28N8. The van der Waals surface area contributed by atoms with Gasteiger partial charge < -0.3 is 15.5 Å². The Bertz CT molecular complexity index is 909. The van der Waals surface area contributed by atoms with Gasteiger partial charge in [0.2, 0.25) is 11.9 Å². The second kappa shape index (κ2) is 6.52. The maximum absolute atomic E-state index is 5.70. The third-order valence-corrected chi connectivity index (χ3v) is 7.38. The number of piperidine rings is 2. The van der Waals surface area contributed by atoms with Gasteiger partial charge in [-0.3, -0.25) is 4.90 Å². The Morgan fingerprint density at radius 2 is 1.76 bits per heavy atom. The van der Waals surface area contributed by atoms with E-state index in [1.54, 1.807) is 12.4 Å². The van der Waals surface area contributed by atoms with E-state index in [4.69, 9.17) is 15.7 Å². The Labute approximate surface area is 171 Å². The number of fused-ring (bicyclic) bond motifs is 4. The van der Waals surface area contributed by atoms with Crippen LogP contribution in [0.1, 0.15) is 32.6 Å². The summed E-state index contributed by atoms with van der Waals surface area (Å²) in [5, 5.41) is 0. The van der Waals surface area contributed by atoms with Gasteiger partial charge in [0, 0.05) is 61.8 Å². The minimum atomic E-state index is 0.289. The number of hydrogen-bond acceptors (Lipinski definition) is 8. The normalized spacial score (nSPS) is 30.7. The van der Waals surface area contributed by atoms with Crippen molar-refractivity contribution in [3.63, 3.8) is 0 Å². The summed E-state index contributed by atoms with van der Waals surface area (Å²) in [6.45, 7) is 6.68. The van der Waals surface area contributed by atoms with E-state index in [0.717, 1.165) is 55.1 Å². The van der Waals surface area contributed by atoms with Crippen LogP contribution in [0.25, 0.3) is 11.3 Å². The van der Waals surface area contributed by atoms with Crippen molar-refractivity contribution in [3.8, 4) is 11.3 Å². The molecule has 1 saturated carbocycles. The van der Waals surface area contributed by atoms with E-state index >= 15 is 0 Å². The van der Waals surface area contributed by atoms with Gasteiger partial charge in [0.25, 0.3) is 0 Å².